The van der Waals surface area contributed by atoms with E-state index < -0.39 is 0 Å². The predicted octanol–water partition coefficient (Wildman–Crippen LogP) is 2.45. The molecule has 0 aliphatic rings. The Morgan fingerprint density at radius 3 is 2.79 bits per heavy atom. The van der Waals surface area contributed by atoms with E-state index in [-0.39, 0.29) is 5.91 Å². The second kappa shape index (κ2) is 5.84. The molecule has 19 heavy (non-hydrogen) atoms. The molecule has 0 saturated carbocycles. The monoisotopic (exact) mass is 275 g/mol. The van der Waals surface area contributed by atoms with Gasteiger partial charge in [0.15, 0.2) is 0 Å². The Kier molecular flexibility index (Phi) is 4.16. The average molecular weight is 275 g/mol. The third-order valence-corrected chi connectivity index (χ3v) is 3.68. The lowest BCUT2D eigenvalue weighted by Crippen LogP contribution is -2.22. The zero-order chi connectivity index (χ0) is 13.8. The normalized spacial score (nSPS) is 10.3. The van der Waals surface area contributed by atoms with E-state index in [1.165, 1.54) is 11.3 Å². The molecule has 0 radical (unpaired) electrons. The Bertz CT molecular complexity index is 578. The number of thiophene rings is 1. The molecule has 2 aromatic rings. The highest BCUT2D eigenvalue weighted by molar-refractivity contribution is 7.13. The number of aromatic nitrogens is 1. The van der Waals surface area contributed by atoms with Crippen LogP contribution >= 0.6 is 11.3 Å². The van der Waals surface area contributed by atoms with Crippen molar-refractivity contribution >= 4 is 23.1 Å². The number of hydrogen-bond donors (Lipinski definition) is 1. The highest BCUT2D eigenvalue weighted by atomic mass is 32.1. The van der Waals surface area contributed by atoms with Crippen LogP contribution in [0.1, 0.15) is 20.1 Å². The SMILES string of the molecule is Cc1ccc(C(=O)NCc2ccnc(N(C)C)c2)s1. The van der Waals surface area contributed by atoms with Crippen molar-refractivity contribution in [2.24, 2.45) is 0 Å². The standard InChI is InChI=1S/C14H17N3OS/c1-10-4-5-12(19-10)14(18)16-9-11-6-7-15-13(8-11)17(2)3/h4-8H,9H2,1-3H3,(H,16,18). The molecule has 5 heteroatoms. The van der Waals surface area contributed by atoms with Crippen LogP contribution in [0.2, 0.25) is 0 Å². The number of carbonyl (C=O) groups is 1. The topological polar surface area (TPSA) is 45.2 Å². The van der Waals surface area contributed by atoms with E-state index in [2.05, 4.69) is 10.3 Å². The van der Waals surface area contributed by atoms with Crippen LogP contribution in [0, 0.1) is 6.92 Å². The van der Waals surface area contributed by atoms with Crippen molar-refractivity contribution < 1.29 is 4.79 Å². The smallest absolute Gasteiger partial charge is 0.261 e. The van der Waals surface area contributed by atoms with Gasteiger partial charge >= 0.3 is 0 Å². The van der Waals surface area contributed by atoms with Crippen LogP contribution in [-0.4, -0.2) is 25.0 Å². The van der Waals surface area contributed by atoms with E-state index in [9.17, 15) is 4.79 Å². The third kappa shape index (κ3) is 3.54. The van der Waals surface area contributed by atoms with Gasteiger partial charge in [0.1, 0.15) is 5.82 Å². The van der Waals surface area contributed by atoms with Gasteiger partial charge in [-0.05, 0) is 36.8 Å². The zero-order valence-electron chi connectivity index (χ0n) is 11.3. The van der Waals surface area contributed by atoms with Crippen LogP contribution in [0.4, 0.5) is 5.82 Å². The number of anilines is 1. The fraction of sp³-hybridized carbons (Fsp3) is 0.286. The van der Waals surface area contributed by atoms with Gasteiger partial charge in [0.25, 0.3) is 5.91 Å². The number of rotatable bonds is 4. The lowest BCUT2D eigenvalue weighted by molar-refractivity contribution is 0.0955. The van der Waals surface area contributed by atoms with Crippen molar-refractivity contribution in [3.8, 4) is 0 Å². The minimum atomic E-state index is -0.0266. The lowest BCUT2D eigenvalue weighted by atomic mass is 10.2. The molecule has 0 aliphatic heterocycles. The van der Waals surface area contributed by atoms with E-state index in [4.69, 9.17) is 0 Å². The van der Waals surface area contributed by atoms with Crippen molar-refractivity contribution in [2.75, 3.05) is 19.0 Å². The van der Waals surface area contributed by atoms with Gasteiger partial charge in [0, 0.05) is 31.7 Å². The Balaban J connectivity index is 1.99. The van der Waals surface area contributed by atoms with Crippen molar-refractivity contribution in [1.29, 1.82) is 0 Å². The molecule has 0 unspecified atom stereocenters. The quantitative estimate of drug-likeness (QED) is 0.932. The molecule has 1 amide bonds. The lowest BCUT2D eigenvalue weighted by Gasteiger charge is -2.12. The molecule has 1 N–H and O–H groups in total. The maximum Gasteiger partial charge on any atom is 0.261 e. The molecular formula is C14H17N3OS. The van der Waals surface area contributed by atoms with Crippen molar-refractivity contribution in [3.05, 3.63) is 45.8 Å². The molecule has 0 fully saturated rings. The maximum atomic E-state index is 11.9. The summed E-state index contributed by atoms with van der Waals surface area (Å²) in [7, 11) is 3.89. The molecule has 0 aromatic carbocycles. The second-order valence-electron chi connectivity index (χ2n) is 4.51. The van der Waals surface area contributed by atoms with Gasteiger partial charge in [-0.3, -0.25) is 4.79 Å². The van der Waals surface area contributed by atoms with Crippen LogP contribution in [0.3, 0.4) is 0 Å². The first kappa shape index (κ1) is 13.5. The number of nitrogens with zero attached hydrogens (tertiary/aromatic N) is 2. The number of amides is 1. The van der Waals surface area contributed by atoms with Crippen LogP contribution in [-0.2, 0) is 6.54 Å². The van der Waals surface area contributed by atoms with Gasteiger partial charge in [-0.15, -0.1) is 11.3 Å². The fourth-order valence-electron chi connectivity index (χ4n) is 1.64. The molecular weight excluding hydrogens is 258 g/mol. The molecule has 2 aromatic heterocycles. The second-order valence-corrected chi connectivity index (χ2v) is 5.80. The summed E-state index contributed by atoms with van der Waals surface area (Å²) in [5.41, 5.74) is 1.04. The fourth-order valence-corrected chi connectivity index (χ4v) is 2.43. The third-order valence-electron chi connectivity index (χ3n) is 2.69. The molecule has 4 nitrogen and oxygen atoms in total. The highest BCUT2D eigenvalue weighted by Crippen LogP contribution is 2.15. The average Bonchev–Trinajstić information content (AvgIpc) is 2.83. The summed E-state index contributed by atoms with van der Waals surface area (Å²) in [5, 5.41) is 2.92. The first-order valence-electron chi connectivity index (χ1n) is 6.03. The van der Waals surface area contributed by atoms with Gasteiger partial charge < -0.3 is 10.2 Å². The summed E-state index contributed by atoms with van der Waals surface area (Å²) in [6, 6.07) is 7.69. The molecule has 0 atom stereocenters. The van der Waals surface area contributed by atoms with Gasteiger partial charge in [0.05, 0.1) is 4.88 Å². The molecule has 2 heterocycles. The van der Waals surface area contributed by atoms with Crippen molar-refractivity contribution in [2.45, 2.75) is 13.5 Å². The van der Waals surface area contributed by atoms with Crippen LogP contribution < -0.4 is 10.2 Å². The highest BCUT2D eigenvalue weighted by Gasteiger charge is 2.07. The van der Waals surface area contributed by atoms with Gasteiger partial charge in [0.2, 0.25) is 0 Å². The summed E-state index contributed by atoms with van der Waals surface area (Å²) in [6.45, 7) is 2.51. The van der Waals surface area contributed by atoms with Crippen molar-refractivity contribution in [3.63, 3.8) is 0 Å². The van der Waals surface area contributed by atoms with E-state index in [1.807, 2.05) is 50.2 Å². The van der Waals surface area contributed by atoms with Crippen LogP contribution in [0.15, 0.2) is 30.5 Å². The molecule has 100 valence electrons. The Morgan fingerprint density at radius 2 is 2.16 bits per heavy atom. The van der Waals surface area contributed by atoms with Gasteiger partial charge in [-0.25, -0.2) is 4.98 Å². The predicted molar refractivity (Wildman–Crippen MR) is 78.8 cm³/mol. The van der Waals surface area contributed by atoms with Crippen LogP contribution in [0.25, 0.3) is 0 Å². The number of hydrogen-bond acceptors (Lipinski definition) is 4. The van der Waals surface area contributed by atoms with E-state index in [0.29, 0.717) is 6.54 Å². The Labute approximate surface area is 117 Å². The minimum absolute atomic E-state index is 0.0266. The van der Waals surface area contributed by atoms with E-state index in [1.54, 1.807) is 6.20 Å². The Hall–Kier alpha value is -1.88. The zero-order valence-corrected chi connectivity index (χ0v) is 12.1. The van der Waals surface area contributed by atoms with Gasteiger partial charge in [-0.1, -0.05) is 0 Å². The summed E-state index contributed by atoms with van der Waals surface area (Å²) in [5.74, 6) is 0.861. The number of pyridine rings is 1. The summed E-state index contributed by atoms with van der Waals surface area (Å²) in [4.78, 5) is 20.0. The van der Waals surface area contributed by atoms with Crippen molar-refractivity contribution in [1.82, 2.24) is 10.3 Å². The molecule has 0 saturated heterocycles. The maximum absolute atomic E-state index is 11.9. The minimum Gasteiger partial charge on any atom is -0.363 e. The summed E-state index contributed by atoms with van der Waals surface area (Å²) in [6.07, 6.45) is 1.76. The number of nitrogens with one attached hydrogen (secondary N) is 1. The Morgan fingerprint density at radius 1 is 1.37 bits per heavy atom. The molecule has 0 bridgehead atoms. The van der Waals surface area contributed by atoms with Crippen LogP contribution in [0.5, 0.6) is 0 Å². The van der Waals surface area contributed by atoms with Gasteiger partial charge in [-0.2, -0.15) is 0 Å². The number of carbonyl (C=O) groups excluding carboxylic acids is 1. The number of aryl methyl sites for hydroxylation is 1. The first-order chi connectivity index (χ1) is 9.06. The van der Waals surface area contributed by atoms with E-state index in [0.717, 1.165) is 21.1 Å². The molecule has 2 rings (SSSR count). The van der Waals surface area contributed by atoms with E-state index >= 15 is 0 Å². The first-order valence-corrected chi connectivity index (χ1v) is 6.85. The molecule has 0 spiro atoms. The summed E-state index contributed by atoms with van der Waals surface area (Å²) >= 11 is 1.51. The largest absolute Gasteiger partial charge is 0.363 e. The molecule has 0 aliphatic carbocycles. The summed E-state index contributed by atoms with van der Waals surface area (Å²) < 4.78 is 0.